The maximum atomic E-state index is 12.3. The van der Waals surface area contributed by atoms with E-state index in [1.54, 1.807) is 0 Å². The van der Waals surface area contributed by atoms with Gasteiger partial charge in [0.05, 0.1) is 11.0 Å². The van der Waals surface area contributed by atoms with E-state index in [0.717, 1.165) is 12.0 Å². The smallest absolute Gasteiger partial charge is 0.157 e. The molecule has 0 aliphatic rings. The van der Waals surface area contributed by atoms with Gasteiger partial charge in [-0.05, 0) is 24.8 Å². The van der Waals surface area contributed by atoms with Crippen molar-refractivity contribution in [1.82, 2.24) is 0 Å². The Kier molecular flexibility index (Phi) is 6.36. The van der Waals surface area contributed by atoms with Gasteiger partial charge >= 0.3 is 0 Å². The molecule has 1 unspecified atom stereocenters. The molecule has 0 bridgehead atoms. The van der Waals surface area contributed by atoms with Crippen molar-refractivity contribution in [3.8, 4) is 0 Å². The first kappa shape index (κ1) is 15.2. The molecule has 3 nitrogen and oxygen atoms in total. The van der Waals surface area contributed by atoms with Gasteiger partial charge in [-0.15, -0.1) is 0 Å². The number of hydrogen-bond acceptors (Lipinski definition) is 3. The molecule has 0 saturated carbocycles. The van der Waals surface area contributed by atoms with E-state index in [1.807, 2.05) is 37.3 Å². The summed E-state index contributed by atoms with van der Waals surface area (Å²) in [5.41, 5.74) is 0.877. The summed E-state index contributed by atoms with van der Waals surface area (Å²) in [5, 5.41) is 8.28. The van der Waals surface area contributed by atoms with Crippen LogP contribution in [-0.2, 0) is 9.84 Å². The lowest BCUT2D eigenvalue weighted by atomic mass is 10.1. The zero-order valence-electron chi connectivity index (χ0n) is 10.9. The van der Waals surface area contributed by atoms with Crippen LogP contribution >= 0.6 is 0 Å². The van der Waals surface area contributed by atoms with Crippen LogP contribution in [0.4, 0.5) is 0 Å². The number of rotatable bonds is 8. The number of sulfone groups is 1. The Labute approximate surface area is 110 Å². The predicted molar refractivity (Wildman–Crippen MR) is 74.2 cm³/mol. The summed E-state index contributed by atoms with van der Waals surface area (Å²) >= 11 is 0. The van der Waals surface area contributed by atoms with Crippen LogP contribution in [0.1, 0.15) is 43.4 Å². The minimum atomic E-state index is -3.09. The zero-order chi connectivity index (χ0) is 13.4. The van der Waals surface area contributed by atoms with Crippen LogP contribution < -0.4 is 0 Å². The van der Waals surface area contributed by atoms with Crippen LogP contribution in [-0.4, -0.2) is 25.9 Å². The maximum Gasteiger partial charge on any atom is 0.157 e. The van der Waals surface area contributed by atoms with E-state index in [4.69, 9.17) is 5.11 Å². The molecule has 0 aliphatic carbocycles. The van der Waals surface area contributed by atoms with Gasteiger partial charge in [-0.2, -0.15) is 0 Å². The normalized spacial score (nSPS) is 13.4. The monoisotopic (exact) mass is 270 g/mol. The molecule has 0 radical (unpaired) electrons. The summed E-state index contributed by atoms with van der Waals surface area (Å²) in [5.74, 6) is 0.209. The van der Waals surface area contributed by atoms with Gasteiger partial charge in [0.25, 0.3) is 0 Å². The lowest BCUT2D eigenvalue weighted by molar-refractivity contribution is 0.284. The molecule has 1 aromatic carbocycles. The standard InChI is InChI=1S/C14H22O3S/c1-2-14(13-9-5-3-6-10-13)18(16,17)12-8-4-7-11-15/h3,5-6,9-10,14-15H,2,4,7-8,11-12H2,1H3. The Morgan fingerprint density at radius 2 is 1.78 bits per heavy atom. The SMILES string of the molecule is CCC(c1ccccc1)S(=O)(=O)CCCCCO. The van der Waals surface area contributed by atoms with Crippen LogP contribution in [0.25, 0.3) is 0 Å². The fourth-order valence-electron chi connectivity index (χ4n) is 2.10. The van der Waals surface area contributed by atoms with E-state index in [0.29, 0.717) is 19.3 Å². The second-order valence-electron chi connectivity index (χ2n) is 4.46. The Morgan fingerprint density at radius 1 is 1.11 bits per heavy atom. The van der Waals surface area contributed by atoms with Crippen LogP contribution in [0.3, 0.4) is 0 Å². The van der Waals surface area contributed by atoms with Crippen molar-refractivity contribution in [2.45, 2.75) is 37.9 Å². The first-order chi connectivity index (χ1) is 8.61. The number of unbranched alkanes of at least 4 members (excludes halogenated alkanes) is 2. The Hall–Kier alpha value is -0.870. The van der Waals surface area contributed by atoms with Gasteiger partial charge in [0.15, 0.2) is 9.84 Å². The Balaban J connectivity index is 2.69. The molecule has 0 saturated heterocycles. The number of benzene rings is 1. The molecule has 1 rings (SSSR count). The highest BCUT2D eigenvalue weighted by molar-refractivity contribution is 7.91. The highest BCUT2D eigenvalue weighted by Gasteiger charge is 2.24. The molecule has 0 aliphatic heterocycles. The van der Waals surface area contributed by atoms with Gasteiger partial charge < -0.3 is 5.11 Å². The van der Waals surface area contributed by atoms with Gasteiger partial charge in [-0.25, -0.2) is 8.42 Å². The molecule has 0 heterocycles. The third-order valence-electron chi connectivity index (χ3n) is 3.06. The molecular formula is C14H22O3S. The molecule has 4 heteroatoms. The second-order valence-corrected chi connectivity index (χ2v) is 6.76. The third kappa shape index (κ3) is 4.42. The van der Waals surface area contributed by atoms with Gasteiger partial charge in [0.2, 0.25) is 0 Å². The van der Waals surface area contributed by atoms with Gasteiger partial charge in [-0.3, -0.25) is 0 Å². The molecule has 102 valence electrons. The quantitative estimate of drug-likeness (QED) is 0.739. The van der Waals surface area contributed by atoms with E-state index in [-0.39, 0.29) is 12.4 Å². The van der Waals surface area contributed by atoms with Crippen molar-refractivity contribution >= 4 is 9.84 Å². The average molecular weight is 270 g/mol. The van der Waals surface area contributed by atoms with Gasteiger partial charge in [0.1, 0.15) is 0 Å². The van der Waals surface area contributed by atoms with Crippen molar-refractivity contribution in [3.05, 3.63) is 35.9 Å². The van der Waals surface area contributed by atoms with Crippen molar-refractivity contribution in [2.75, 3.05) is 12.4 Å². The van der Waals surface area contributed by atoms with Crippen LogP contribution in [0.2, 0.25) is 0 Å². The fourth-order valence-corrected chi connectivity index (χ4v) is 4.07. The first-order valence-corrected chi connectivity index (χ1v) is 8.20. The highest BCUT2D eigenvalue weighted by atomic mass is 32.2. The molecule has 0 fully saturated rings. The van der Waals surface area contributed by atoms with Crippen molar-refractivity contribution in [3.63, 3.8) is 0 Å². The molecule has 18 heavy (non-hydrogen) atoms. The summed E-state index contributed by atoms with van der Waals surface area (Å²) in [6.07, 6.45) is 2.68. The largest absolute Gasteiger partial charge is 0.396 e. The Bertz CT molecular complexity index is 426. The summed E-state index contributed by atoms with van der Waals surface area (Å²) in [6, 6.07) is 9.39. The van der Waals surface area contributed by atoms with E-state index in [2.05, 4.69) is 0 Å². The highest BCUT2D eigenvalue weighted by Crippen LogP contribution is 2.27. The second kappa shape index (κ2) is 7.54. The summed E-state index contributed by atoms with van der Waals surface area (Å²) in [6.45, 7) is 2.04. The van der Waals surface area contributed by atoms with E-state index in [1.165, 1.54) is 0 Å². The van der Waals surface area contributed by atoms with Crippen LogP contribution in [0, 0.1) is 0 Å². The van der Waals surface area contributed by atoms with Crippen molar-refractivity contribution in [1.29, 1.82) is 0 Å². The van der Waals surface area contributed by atoms with E-state index in [9.17, 15) is 8.42 Å². The summed E-state index contributed by atoms with van der Waals surface area (Å²) in [4.78, 5) is 0. The van der Waals surface area contributed by atoms with Gasteiger partial charge in [-0.1, -0.05) is 43.7 Å². The number of aliphatic hydroxyl groups excluding tert-OH is 1. The number of aliphatic hydroxyl groups is 1. The Morgan fingerprint density at radius 3 is 2.33 bits per heavy atom. The molecule has 1 N–H and O–H groups in total. The summed E-state index contributed by atoms with van der Waals surface area (Å²) in [7, 11) is -3.09. The van der Waals surface area contributed by atoms with Crippen molar-refractivity contribution < 1.29 is 13.5 Å². The first-order valence-electron chi connectivity index (χ1n) is 6.49. The molecular weight excluding hydrogens is 248 g/mol. The minimum Gasteiger partial charge on any atom is -0.396 e. The molecule has 0 amide bonds. The molecule has 0 aromatic heterocycles. The lowest BCUT2D eigenvalue weighted by Crippen LogP contribution is -2.16. The maximum absolute atomic E-state index is 12.3. The molecule has 1 aromatic rings. The van der Waals surface area contributed by atoms with Crippen LogP contribution in [0.15, 0.2) is 30.3 Å². The predicted octanol–water partition coefficient (Wildman–Crippen LogP) is 2.72. The minimum absolute atomic E-state index is 0.135. The zero-order valence-corrected chi connectivity index (χ0v) is 11.7. The average Bonchev–Trinajstić information content (AvgIpc) is 2.36. The van der Waals surface area contributed by atoms with Gasteiger partial charge in [0, 0.05) is 6.61 Å². The van der Waals surface area contributed by atoms with Crippen LogP contribution in [0.5, 0.6) is 0 Å². The van der Waals surface area contributed by atoms with E-state index < -0.39 is 15.1 Å². The van der Waals surface area contributed by atoms with E-state index >= 15 is 0 Å². The van der Waals surface area contributed by atoms with Crippen molar-refractivity contribution in [2.24, 2.45) is 0 Å². The summed E-state index contributed by atoms with van der Waals surface area (Å²) < 4.78 is 24.5. The third-order valence-corrected chi connectivity index (χ3v) is 5.39. The lowest BCUT2D eigenvalue weighted by Gasteiger charge is -2.16. The molecule has 1 atom stereocenters. The topological polar surface area (TPSA) is 54.4 Å². The molecule has 0 spiro atoms. The number of hydrogen-bond donors (Lipinski definition) is 1. The fraction of sp³-hybridized carbons (Fsp3) is 0.571.